The molecule has 0 radical (unpaired) electrons. The van der Waals surface area contributed by atoms with E-state index in [4.69, 9.17) is 9.47 Å². The van der Waals surface area contributed by atoms with Crippen LogP contribution in [0, 0.1) is 5.82 Å². The molecular weight excluding hydrogens is 427 g/mol. The second-order valence-corrected chi connectivity index (χ2v) is 8.05. The predicted molar refractivity (Wildman–Crippen MR) is 120 cm³/mol. The fraction of sp³-hybridized carbons (Fsp3) is 0.360. The van der Waals surface area contributed by atoms with Gasteiger partial charge in [-0.05, 0) is 36.8 Å². The van der Waals surface area contributed by atoms with Crippen LogP contribution in [0.1, 0.15) is 23.6 Å². The Hall–Kier alpha value is -3.23. The Labute approximate surface area is 192 Å². The summed E-state index contributed by atoms with van der Waals surface area (Å²) in [7, 11) is 1.52. The monoisotopic (exact) mass is 454 g/mol. The van der Waals surface area contributed by atoms with Gasteiger partial charge in [-0.3, -0.25) is 14.5 Å². The maximum absolute atomic E-state index is 13.4. The van der Waals surface area contributed by atoms with E-state index in [0.29, 0.717) is 37.5 Å². The molecule has 2 fully saturated rings. The second-order valence-electron chi connectivity index (χ2n) is 8.05. The lowest BCUT2D eigenvalue weighted by molar-refractivity contribution is -0.140. The van der Waals surface area contributed by atoms with Crippen molar-refractivity contribution in [2.75, 3.05) is 46.5 Å². The van der Waals surface area contributed by atoms with Crippen LogP contribution in [0.4, 0.5) is 4.39 Å². The van der Waals surface area contributed by atoms with Gasteiger partial charge in [-0.15, -0.1) is 0 Å². The molecule has 0 spiro atoms. The average Bonchev–Trinajstić information content (AvgIpc) is 3.09. The van der Waals surface area contributed by atoms with E-state index in [9.17, 15) is 19.1 Å². The highest BCUT2D eigenvalue weighted by Gasteiger charge is 2.46. The van der Waals surface area contributed by atoms with Crippen molar-refractivity contribution in [2.24, 2.45) is 0 Å². The molecule has 2 aliphatic heterocycles. The molecule has 7 nitrogen and oxygen atoms in total. The van der Waals surface area contributed by atoms with Crippen molar-refractivity contribution in [1.29, 1.82) is 0 Å². The number of aliphatic hydroxyl groups excluding tert-OH is 1. The van der Waals surface area contributed by atoms with Crippen LogP contribution in [0.15, 0.2) is 54.1 Å². The summed E-state index contributed by atoms with van der Waals surface area (Å²) in [6.07, 6.45) is 0.662. The number of benzene rings is 2. The van der Waals surface area contributed by atoms with Gasteiger partial charge in [0.05, 0.1) is 31.9 Å². The molecule has 2 aromatic carbocycles. The fourth-order valence-corrected chi connectivity index (χ4v) is 4.38. The molecule has 0 aromatic heterocycles. The summed E-state index contributed by atoms with van der Waals surface area (Å²) >= 11 is 0. The zero-order valence-electron chi connectivity index (χ0n) is 18.5. The normalized spacial score (nSPS) is 20.9. The lowest BCUT2D eigenvalue weighted by Gasteiger charge is -2.29. The zero-order valence-corrected chi connectivity index (χ0v) is 18.5. The number of ether oxygens (including phenoxy) is 2. The van der Waals surface area contributed by atoms with Crippen molar-refractivity contribution in [1.82, 2.24) is 9.80 Å². The van der Waals surface area contributed by atoms with E-state index < -0.39 is 23.5 Å². The highest BCUT2D eigenvalue weighted by molar-refractivity contribution is 6.46. The number of rotatable bonds is 7. The first-order valence-electron chi connectivity index (χ1n) is 11.0. The predicted octanol–water partition coefficient (Wildman–Crippen LogP) is 2.98. The number of methoxy groups -OCH3 is 1. The summed E-state index contributed by atoms with van der Waals surface area (Å²) in [5.74, 6) is -1.72. The zero-order chi connectivity index (χ0) is 23.4. The number of nitrogens with zero attached hydrogens (tertiary/aromatic N) is 2. The number of carbonyl (C=O) groups excluding carboxylic acids is 2. The van der Waals surface area contributed by atoms with Crippen LogP contribution < -0.4 is 4.74 Å². The van der Waals surface area contributed by atoms with Crippen molar-refractivity contribution in [3.05, 3.63) is 71.0 Å². The Balaban J connectivity index is 1.70. The van der Waals surface area contributed by atoms with Gasteiger partial charge in [0.1, 0.15) is 17.3 Å². The molecule has 2 saturated heterocycles. The topological polar surface area (TPSA) is 79.3 Å². The highest BCUT2D eigenvalue weighted by Crippen LogP contribution is 2.42. The van der Waals surface area contributed by atoms with E-state index in [1.807, 2.05) is 0 Å². The maximum Gasteiger partial charge on any atom is 0.295 e. The summed E-state index contributed by atoms with van der Waals surface area (Å²) in [5.41, 5.74) is 0.847. The van der Waals surface area contributed by atoms with E-state index in [1.165, 1.54) is 36.3 Å². The average molecular weight is 454 g/mol. The van der Waals surface area contributed by atoms with Crippen molar-refractivity contribution in [3.63, 3.8) is 0 Å². The number of Topliss-reactive ketones (excluding diaryl/α,β-unsaturated/α-hetero) is 1. The standard InChI is InChI=1S/C25H27FN2O5/c1-32-20-6-3-2-5-19(20)22-21(23(29)17-7-9-18(26)10-8-17)24(30)25(31)28(22)12-4-11-27-13-15-33-16-14-27/h2-3,5-10,22,29H,4,11-16H2,1H3/b23-21-. The largest absolute Gasteiger partial charge is 0.507 e. The van der Waals surface area contributed by atoms with Gasteiger partial charge in [0.25, 0.3) is 11.7 Å². The summed E-state index contributed by atoms with van der Waals surface area (Å²) < 4.78 is 24.3. The lowest BCUT2D eigenvalue weighted by atomic mass is 9.94. The number of hydrogen-bond acceptors (Lipinski definition) is 6. The Kier molecular flexibility index (Phi) is 7.05. The van der Waals surface area contributed by atoms with E-state index in [0.717, 1.165) is 19.6 Å². The van der Waals surface area contributed by atoms with Crippen molar-refractivity contribution in [3.8, 4) is 5.75 Å². The first-order valence-corrected chi connectivity index (χ1v) is 11.0. The number of aliphatic hydroxyl groups is 1. The Morgan fingerprint density at radius 1 is 1.09 bits per heavy atom. The third-order valence-corrected chi connectivity index (χ3v) is 6.07. The lowest BCUT2D eigenvalue weighted by Crippen LogP contribution is -2.39. The van der Waals surface area contributed by atoms with E-state index in [1.54, 1.807) is 24.3 Å². The van der Waals surface area contributed by atoms with Crippen LogP contribution in [0.2, 0.25) is 0 Å². The number of para-hydroxylation sites is 1. The molecule has 0 aliphatic carbocycles. The number of ketones is 1. The molecule has 1 atom stereocenters. The van der Waals surface area contributed by atoms with E-state index >= 15 is 0 Å². The van der Waals surface area contributed by atoms with Gasteiger partial charge >= 0.3 is 0 Å². The number of amides is 1. The Morgan fingerprint density at radius 3 is 2.48 bits per heavy atom. The van der Waals surface area contributed by atoms with Gasteiger partial charge in [-0.25, -0.2) is 4.39 Å². The first-order chi connectivity index (χ1) is 16.0. The molecule has 4 rings (SSSR count). The van der Waals surface area contributed by atoms with Crippen molar-refractivity contribution in [2.45, 2.75) is 12.5 Å². The minimum Gasteiger partial charge on any atom is -0.507 e. The first kappa shape index (κ1) is 22.9. The smallest absolute Gasteiger partial charge is 0.295 e. The van der Waals surface area contributed by atoms with Crippen molar-refractivity contribution < 1.29 is 28.6 Å². The maximum atomic E-state index is 13.4. The van der Waals surface area contributed by atoms with Gasteiger partial charge in [0, 0.05) is 37.3 Å². The third-order valence-electron chi connectivity index (χ3n) is 6.07. The molecule has 8 heteroatoms. The third kappa shape index (κ3) is 4.77. The summed E-state index contributed by atoms with van der Waals surface area (Å²) in [6.45, 7) is 4.14. The van der Waals surface area contributed by atoms with Gasteiger partial charge in [-0.2, -0.15) is 0 Å². The van der Waals surface area contributed by atoms with Gasteiger partial charge in [0.2, 0.25) is 0 Å². The van der Waals surface area contributed by atoms with Crippen LogP contribution >= 0.6 is 0 Å². The molecule has 174 valence electrons. The Bertz CT molecular complexity index is 1050. The van der Waals surface area contributed by atoms with E-state index in [2.05, 4.69) is 4.90 Å². The molecule has 2 aliphatic rings. The summed E-state index contributed by atoms with van der Waals surface area (Å²) in [6, 6.07) is 11.5. The van der Waals surface area contributed by atoms with Crippen molar-refractivity contribution >= 4 is 17.4 Å². The van der Waals surface area contributed by atoms with E-state index in [-0.39, 0.29) is 16.9 Å². The number of halogens is 1. The fourth-order valence-electron chi connectivity index (χ4n) is 4.38. The quantitative estimate of drug-likeness (QED) is 0.394. The molecule has 1 unspecified atom stereocenters. The minimum atomic E-state index is -0.809. The van der Waals surface area contributed by atoms with Crippen LogP contribution in [0.25, 0.3) is 5.76 Å². The van der Waals surface area contributed by atoms with Crippen LogP contribution in [-0.4, -0.2) is 73.1 Å². The van der Waals surface area contributed by atoms with Crippen LogP contribution in [0.5, 0.6) is 5.75 Å². The molecule has 0 bridgehead atoms. The number of likely N-dealkylation sites (tertiary alicyclic amines) is 1. The molecule has 1 amide bonds. The van der Waals surface area contributed by atoms with Crippen LogP contribution in [-0.2, 0) is 14.3 Å². The van der Waals surface area contributed by atoms with Gasteiger partial charge < -0.3 is 19.5 Å². The minimum absolute atomic E-state index is 0.0255. The molecule has 0 saturated carbocycles. The number of hydrogen-bond donors (Lipinski definition) is 1. The second kappa shape index (κ2) is 10.1. The SMILES string of the molecule is COc1ccccc1C1/C(=C(/O)c2ccc(F)cc2)C(=O)C(=O)N1CCCN1CCOCC1. The van der Waals surface area contributed by atoms with Gasteiger partial charge in [-0.1, -0.05) is 18.2 Å². The number of morpholine rings is 1. The summed E-state index contributed by atoms with van der Waals surface area (Å²) in [4.78, 5) is 29.9. The van der Waals surface area contributed by atoms with Crippen LogP contribution in [0.3, 0.4) is 0 Å². The molecule has 33 heavy (non-hydrogen) atoms. The molecule has 2 heterocycles. The number of carbonyl (C=O) groups is 2. The molecular formula is C25H27FN2O5. The molecule has 2 aromatic rings. The Morgan fingerprint density at radius 2 is 1.79 bits per heavy atom. The molecule has 1 N–H and O–H groups in total. The van der Waals surface area contributed by atoms with Gasteiger partial charge in [0.15, 0.2) is 0 Å². The highest BCUT2D eigenvalue weighted by atomic mass is 19.1. The summed E-state index contributed by atoms with van der Waals surface area (Å²) in [5, 5.41) is 11.0.